The molecule has 1 saturated carbocycles. The lowest BCUT2D eigenvalue weighted by Gasteiger charge is -2.42. The molecule has 0 spiro atoms. The summed E-state index contributed by atoms with van der Waals surface area (Å²) in [5.74, 6) is -2.13. The number of anilines is 1. The third-order valence-corrected chi connectivity index (χ3v) is 6.52. The van der Waals surface area contributed by atoms with Crippen molar-refractivity contribution < 1.29 is 29.4 Å². The van der Waals surface area contributed by atoms with E-state index in [1.807, 2.05) is 30.3 Å². The number of para-hydroxylation sites is 1. The Labute approximate surface area is 187 Å². The first-order valence-electron chi connectivity index (χ1n) is 11.0. The molecule has 1 heterocycles. The lowest BCUT2D eigenvalue weighted by molar-refractivity contribution is -0.148. The van der Waals surface area contributed by atoms with Crippen molar-refractivity contribution in [1.29, 1.82) is 0 Å². The number of carbonyl (C=O) groups is 3. The zero-order valence-electron chi connectivity index (χ0n) is 18.4. The fourth-order valence-electron chi connectivity index (χ4n) is 4.78. The van der Waals surface area contributed by atoms with Gasteiger partial charge in [0.15, 0.2) is 0 Å². The highest BCUT2D eigenvalue weighted by Crippen LogP contribution is 2.35. The summed E-state index contributed by atoms with van der Waals surface area (Å²) in [6.07, 6.45) is -0.0388. The van der Waals surface area contributed by atoms with Gasteiger partial charge in [-0.1, -0.05) is 18.2 Å². The summed E-state index contributed by atoms with van der Waals surface area (Å²) < 4.78 is 5.00. The van der Waals surface area contributed by atoms with Gasteiger partial charge in [-0.3, -0.25) is 14.8 Å². The van der Waals surface area contributed by atoms with Gasteiger partial charge >= 0.3 is 6.09 Å². The molecule has 3 N–H and O–H groups in total. The highest BCUT2D eigenvalue weighted by molar-refractivity contribution is 5.87. The number of ether oxygens (including phenoxy) is 1. The molecular weight excluding hydrogens is 416 g/mol. The molecule has 176 valence electrons. The molecule has 1 aliphatic heterocycles. The third-order valence-electron chi connectivity index (χ3n) is 6.52. The van der Waals surface area contributed by atoms with Gasteiger partial charge in [0.05, 0.1) is 12.5 Å². The number of nitrogens with one attached hydrogen (secondary N) is 1. The molecule has 0 aromatic heterocycles. The standard InChI is InChI=1S/C22H32N4O6/c1-32-14-13-26(22(29)30)17-7-8-18(19(15-17)20(27)23-31)21(28)25-11-9-24(10-12-25)16-5-3-2-4-6-16/h2-6,17-19,31H,7-15H2,1H3,(H,23,27)(H,29,30)/t17-,18+,19+/m1/s1. The maximum atomic E-state index is 13.3. The predicted molar refractivity (Wildman–Crippen MR) is 116 cm³/mol. The summed E-state index contributed by atoms with van der Waals surface area (Å²) in [6.45, 7) is 2.93. The van der Waals surface area contributed by atoms with Gasteiger partial charge in [0.1, 0.15) is 0 Å². The largest absolute Gasteiger partial charge is 0.465 e. The van der Waals surface area contributed by atoms with Crippen LogP contribution in [0.1, 0.15) is 19.3 Å². The van der Waals surface area contributed by atoms with Crippen LogP contribution >= 0.6 is 0 Å². The van der Waals surface area contributed by atoms with Gasteiger partial charge < -0.3 is 24.5 Å². The second-order valence-electron chi connectivity index (χ2n) is 8.27. The fourth-order valence-corrected chi connectivity index (χ4v) is 4.78. The van der Waals surface area contributed by atoms with E-state index in [9.17, 15) is 24.7 Å². The van der Waals surface area contributed by atoms with Crippen LogP contribution in [0.2, 0.25) is 0 Å². The first-order chi connectivity index (χ1) is 15.5. The van der Waals surface area contributed by atoms with Gasteiger partial charge in [-0.05, 0) is 31.4 Å². The van der Waals surface area contributed by atoms with Crippen LogP contribution in [-0.2, 0) is 14.3 Å². The van der Waals surface area contributed by atoms with Gasteiger partial charge in [-0.25, -0.2) is 10.3 Å². The maximum absolute atomic E-state index is 13.3. The first kappa shape index (κ1) is 23.8. The molecule has 0 unspecified atom stereocenters. The van der Waals surface area contributed by atoms with Crippen LogP contribution in [0, 0.1) is 11.8 Å². The van der Waals surface area contributed by atoms with Crippen molar-refractivity contribution >= 4 is 23.6 Å². The number of hydroxylamine groups is 1. The van der Waals surface area contributed by atoms with E-state index in [-0.39, 0.29) is 25.5 Å². The molecule has 1 aromatic carbocycles. The number of benzene rings is 1. The molecule has 10 nitrogen and oxygen atoms in total. The molecule has 1 aliphatic carbocycles. The van der Waals surface area contributed by atoms with Crippen LogP contribution in [0.4, 0.5) is 10.5 Å². The third kappa shape index (κ3) is 5.49. The summed E-state index contributed by atoms with van der Waals surface area (Å²) in [6, 6.07) is 9.60. The van der Waals surface area contributed by atoms with E-state index >= 15 is 0 Å². The summed E-state index contributed by atoms with van der Waals surface area (Å²) in [4.78, 5) is 42.7. The molecule has 10 heteroatoms. The van der Waals surface area contributed by atoms with Gasteiger partial charge in [0.25, 0.3) is 0 Å². The number of hydrogen-bond acceptors (Lipinski definition) is 6. The molecule has 1 saturated heterocycles. The van der Waals surface area contributed by atoms with E-state index in [4.69, 9.17) is 4.74 Å². The Morgan fingerprint density at radius 3 is 2.38 bits per heavy atom. The quantitative estimate of drug-likeness (QED) is 0.424. The van der Waals surface area contributed by atoms with E-state index in [1.165, 1.54) is 12.0 Å². The van der Waals surface area contributed by atoms with Crippen molar-refractivity contribution in [3.05, 3.63) is 30.3 Å². The average Bonchev–Trinajstić information content (AvgIpc) is 2.83. The number of hydrogen-bond donors (Lipinski definition) is 3. The summed E-state index contributed by atoms with van der Waals surface area (Å²) in [7, 11) is 1.50. The second kappa shape index (κ2) is 11.1. The highest BCUT2D eigenvalue weighted by atomic mass is 16.5. The molecule has 0 radical (unpaired) electrons. The van der Waals surface area contributed by atoms with Gasteiger partial charge in [0, 0.05) is 57.5 Å². The molecule has 32 heavy (non-hydrogen) atoms. The minimum atomic E-state index is -1.09. The smallest absolute Gasteiger partial charge is 0.407 e. The SMILES string of the molecule is COCCN(C(=O)O)[C@@H]1CC[C@H](C(=O)N2CCN(c3ccccc3)CC2)[C@@H](C(=O)NO)C1. The van der Waals surface area contributed by atoms with Crippen molar-refractivity contribution in [2.75, 3.05) is 51.3 Å². The topological polar surface area (TPSA) is 123 Å². The van der Waals surface area contributed by atoms with E-state index in [0.29, 0.717) is 39.0 Å². The Morgan fingerprint density at radius 2 is 1.78 bits per heavy atom. The Kier molecular flexibility index (Phi) is 8.29. The lowest BCUT2D eigenvalue weighted by atomic mass is 9.75. The number of carboxylic acid groups (broad SMARTS) is 1. The van der Waals surface area contributed by atoms with E-state index in [2.05, 4.69) is 4.90 Å². The van der Waals surface area contributed by atoms with Crippen LogP contribution in [-0.4, -0.2) is 90.5 Å². The van der Waals surface area contributed by atoms with Crippen molar-refractivity contribution in [3.8, 4) is 0 Å². The van der Waals surface area contributed by atoms with Crippen molar-refractivity contribution in [1.82, 2.24) is 15.3 Å². The Balaban J connectivity index is 1.65. The first-order valence-corrected chi connectivity index (χ1v) is 11.0. The summed E-state index contributed by atoms with van der Waals surface area (Å²) in [5, 5.41) is 18.8. The minimum absolute atomic E-state index is 0.108. The number of carbonyl (C=O) groups excluding carboxylic acids is 2. The van der Waals surface area contributed by atoms with Crippen LogP contribution in [0.5, 0.6) is 0 Å². The number of nitrogens with zero attached hydrogens (tertiary/aromatic N) is 3. The minimum Gasteiger partial charge on any atom is -0.465 e. The van der Waals surface area contributed by atoms with Crippen molar-refractivity contribution in [2.45, 2.75) is 25.3 Å². The monoisotopic (exact) mass is 448 g/mol. The Bertz CT molecular complexity index is 784. The molecule has 3 atom stereocenters. The second-order valence-corrected chi connectivity index (χ2v) is 8.27. The molecule has 2 aliphatic rings. The number of rotatable bonds is 7. The number of piperazine rings is 1. The highest BCUT2D eigenvalue weighted by Gasteiger charge is 2.43. The molecule has 3 amide bonds. The zero-order valence-corrected chi connectivity index (χ0v) is 18.4. The molecule has 1 aromatic rings. The normalized spacial score (nSPS) is 23.5. The number of methoxy groups -OCH3 is 1. The average molecular weight is 449 g/mol. The molecular formula is C22H32N4O6. The lowest BCUT2D eigenvalue weighted by Crippen LogP contribution is -2.55. The van der Waals surface area contributed by atoms with Crippen LogP contribution in [0.25, 0.3) is 0 Å². The maximum Gasteiger partial charge on any atom is 0.407 e. The Morgan fingerprint density at radius 1 is 1.09 bits per heavy atom. The van der Waals surface area contributed by atoms with Gasteiger partial charge in [-0.2, -0.15) is 0 Å². The summed E-state index contributed by atoms with van der Waals surface area (Å²) in [5.41, 5.74) is 2.79. The molecule has 3 rings (SSSR count). The van der Waals surface area contributed by atoms with Crippen LogP contribution < -0.4 is 10.4 Å². The number of amides is 3. The zero-order chi connectivity index (χ0) is 23.1. The van der Waals surface area contributed by atoms with E-state index in [0.717, 1.165) is 5.69 Å². The van der Waals surface area contributed by atoms with E-state index in [1.54, 1.807) is 10.4 Å². The van der Waals surface area contributed by atoms with Crippen molar-refractivity contribution in [3.63, 3.8) is 0 Å². The fraction of sp³-hybridized carbons (Fsp3) is 0.591. The summed E-state index contributed by atoms with van der Waals surface area (Å²) >= 11 is 0. The Hall–Kier alpha value is -2.85. The van der Waals surface area contributed by atoms with Gasteiger partial charge in [-0.15, -0.1) is 0 Å². The predicted octanol–water partition coefficient (Wildman–Crippen LogP) is 1.25. The van der Waals surface area contributed by atoms with Crippen LogP contribution in [0.3, 0.4) is 0 Å². The van der Waals surface area contributed by atoms with E-state index < -0.39 is 29.9 Å². The van der Waals surface area contributed by atoms with Crippen molar-refractivity contribution in [2.24, 2.45) is 11.8 Å². The molecule has 0 bridgehead atoms. The van der Waals surface area contributed by atoms with Crippen LogP contribution in [0.15, 0.2) is 30.3 Å². The molecule has 2 fully saturated rings. The van der Waals surface area contributed by atoms with Gasteiger partial charge in [0.2, 0.25) is 11.8 Å².